The Morgan fingerprint density at radius 3 is 2.68 bits per heavy atom. The summed E-state index contributed by atoms with van der Waals surface area (Å²) in [5.41, 5.74) is 8.01. The predicted molar refractivity (Wildman–Crippen MR) is 79.8 cm³/mol. The van der Waals surface area contributed by atoms with Crippen molar-refractivity contribution < 1.29 is 0 Å². The van der Waals surface area contributed by atoms with Gasteiger partial charge in [-0.15, -0.1) is 0 Å². The van der Waals surface area contributed by atoms with Crippen molar-refractivity contribution in [2.24, 2.45) is 5.92 Å². The molecule has 1 aliphatic carbocycles. The molecule has 1 aromatic rings. The summed E-state index contributed by atoms with van der Waals surface area (Å²) >= 11 is 0. The molecule has 0 aromatic heterocycles. The minimum Gasteiger partial charge on any atom is -0.398 e. The monoisotopic (exact) mass is 257 g/mol. The van der Waals surface area contributed by atoms with Crippen molar-refractivity contribution in [1.29, 1.82) is 5.26 Å². The molecular weight excluding hydrogens is 234 g/mol. The maximum Gasteiger partial charge on any atom is 0.101 e. The van der Waals surface area contributed by atoms with Crippen LogP contribution in [0.15, 0.2) is 18.2 Å². The third-order valence-electron chi connectivity index (χ3n) is 4.18. The lowest BCUT2D eigenvalue weighted by molar-refractivity contribution is 0.313. The van der Waals surface area contributed by atoms with E-state index in [0.29, 0.717) is 17.3 Å². The first-order valence-electron chi connectivity index (χ1n) is 7.30. The van der Waals surface area contributed by atoms with Gasteiger partial charge in [0.05, 0.1) is 11.3 Å². The molecule has 1 saturated carbocycles. The van der Waals surface area contributed by atoms with Crippen molar-refractivity contribution in [3.05, 3.63) is 23.8 Å². The molecule has 2 rings (SSSR count). The van der Waals surface area contributed by atoms with Crippen LogP contribution in [0.5, 0.6) is 0 Å². The van der Waals surface area contributed by atoms with E-state index < -0.39 is 0 Å². The summed E-state index contributed by atoms with van der Waals surface area (Å²) in [4.78, 5) is 0. The van der Waals surface area contributed by atoms with E-state index in [-0.39, 0.29) is 0 Å². The van der Waals surface area contributed by atoms with Crippen LogP contribution in [-0.4, -0.2) is 6.04 Å². The Kier molecular flexibility index (Phi) is 4.68. The van der Waals surface area contributed by atoms with E-state index in [1.54, 1.807) is 6.07 Å². The topological polar surface area (TPSA) is 61.8 Å². The molecule has 1 fully saturated rings. The highest BCUT2D eigenvalue weighted by Gasteiger charge is 2.22. The lowest BCUT2D eigenvalue weighted by atomic mass is 9.83. The summed E-state index contributed by atoms with van der Waals surface area (Å²) < 4.78 is 0. The fraction of sp³-hybridized carbons (Fsp3) is 0.562. The first kappa shape index (κ1) is 13.7. The van der Waals surface area contributed by atoms with Gasteiger partial charge in [-0.3, -0.25) is 0 Å². The molecule has 3 heteroatoms. The highest BCUT2D eigenvalue weighted by molar-refractivity contribution is 5.62. The van der Waals surface area contributed by atoms with E-state index in [0.717, 1.165) is 18.0 Å². The van der Waals surface area contributed by atoms with Crippen LogP contribution in [0.25, 0.3) is 0 Å². The van der Waals surface area contributed by atoms with Crippen LogP contribution < -0.4 is 11.1 Å². The van der Waals surface area contributed by atoms with Crippen molar-refractivity contribution in [1.82, 2.24) is 0 Å². The number of hydrogen-bond acceptors (Lipinski definition) is 3. The molecule has 0 bridgehead atoms. The van der Waals surface area contributed by atoms with Crippen LogP contribution in [0.2, 0.25) is 0 Å². The van der Waals surface area contributed by atoms with Gasteiger partial charge in [-0.1, -0.05) is 26.2 Å². The number of hydrogen-bond donors (Lipinski definition) is 2. The SMILES string of the molecule is CCC(Nc1ccc(C#N)c(N)c1)C1CCCCC1. The molecule has 1 aromatic carbocycles. The second-order valence-corrected chi connectivity index (χ2v) is 5.47. The molecule has 1 unspecified atom stereocenters. The Morgan fingerprint density at radius 2 is 2.11 bits per heavy atom. The molecule has 0 spiro atoms. The van der Waals surface area contributed by atoms with Crippen LogP contribution in [0, 0.1) is 17.2 Å². The zero-order valence-electron chi connectivity index (χ0n) is 11.7. The van der Waals surface area contributed by atoms with Crippen molar-refractivity contribution >= 4 is 11.4 Å². The van der Waals surface area contributed by atoms with E-state index >= 15 is 0 Å². The minimum atomic E-state index is 0.521. The highest BCUT2D eigenvalue weighted by atomic mass is 14.9. The molecule has 3 N–H and O–H groups in total. The molecule has 0 aliphatic heterocycles. The van der Waals surface area contributed by atoms with Gasteiger partial charge < -0.3 is 11.1 Å². The van der Waals surface area contributed by atoms with Crippen molar-refractivity contribution in [2.45, 2.75) is 51.5 Å². The number of rotatable bonds is 4. The fourth-order valence-corrected chi connectivity index (χ4v) is 3.06. The van der Waals surface area contributed by atoms with E-state index in [9.17, 15) is 0 Å². The molecule has 0 amide bonds. The van der Waals surface area contributed by atoms with Gasteiger partial charge in [0.25, 0.3) is 0 Å². The Bertz CT molecular complexity index is 456. The van der Waals surface area contributed by atoms with E-state index in [4.69, 9.17) is 11.0 Å². The molecule has 3 nitrogen and oxygen atoms in total. The lowest BCUT2D eigenvalue weighted by Crippen LogP contribution is -2.30. The zero-order valence-corrected chi connectivity index (χ0v) is 11.7. The van der Waals surface area contributed by atoms with E-state index in [2.05, 4.69) is 18.3 Å². The Hall–Kier alpha value is -1.69. The molecule has 0 heterocycles. The lowest BCUT2D eigenvalue weighted by Gasteiger charge is -2.31. The van der Waals surface area contributed by atoms with Crippen LogP contribution in [0.4, 0.5) is 11.4 Å². The Labute approximate surface area is 115 Å². The Balaban J connectivity index is 2.05. The summed E-state index contributed by atoms with van der Waals surface area (Å²) in [5, 5.41) is 12.5. The van der Waals surface area contributed by atoms with E-state index in [1.807, 2.05) is 12.1 Å². The molecule has 19 heavy (non-hydrogen) atoms. The van der Waals surface area contributed by atoms with Crippen molar-refractivity contribution in [2.75, 3.05) is 11.1 Å². The van der Waals surface area contributed by atoms with Gasteiger partial charge in [0.2, 0.25) is 0 Å². The molecule has 1 atom stereocenters. The van der Waals surface area contributed by atoms with Gasteiger partial charge >= 0.3 is 0 Å². The third kappa shape index (κ3) is 3.41. The molecule has 1 aliphatic rings. The highest BCUT2D eigenvalue weighted by Crippen LogP contribution is 2.30. The van der Waals surface area contributed by atoms with Gasteiger partial charge in [0, 0.05) is 11.7 Å². The van der Waals surface area contributed by atoms with Gasteiger partial charge in [0.1, 0.15) is 6.07 Å². The number of nitrogens with two attached hydrogens (primary N) is 1. The molecule has 102 valence electrons. The largest absolute Gasteiger partial charge is 0.398 e. The molecule has 0 saturated heterocycles. The smallest absolute Gasteiger partial charge is 0.101 e. The van der Waals surface area contributed by atoms with Gasteiger partial charge in [-0.2, -0.15) is 5.26 Å². The maximum absolute atomic E-state index is 8.89. The summed E-state index contributed by atoms with van der Waals surface area (Å²) in [7, 11) is 0. The molecule has 0 radical (unpaired) electrons. The average molecular weight is 257 g/mol. The quantitative estimate of drug-likeness (QED) is 0.804. The summed E-state index contributed by atoms with van der Waals surface area (Å²) in [6.45, 7) is 2.24. The van der Waals surface area contributed by atoms with Crippen LogP contribution in [-0.2, 0) is 0 Å². The normalized spacial score (nSPS) is 17.7. The number of nitrogen functional groups attached to an aromatic ring is 1. The number of benzene rings is 1. The van der Waals surface area contributed by atoms with Gasteiger partial charge in [0.15, 0.2) is 0 Å². The van der Waals surface area contributed by atoms with Crippen molar-refractivity contribution in [3.63, 3.8) is 0 Å². The number of nitrogens with one attached hydrogen (secondary N) is 1. The first-order chi connectivity index (χ1) is 9.24. The van der Waals surface area contributed by atoms with Gasteiger partial charge in [-0.25, -0.2) is 0 Å². The zero-order chi connectivity index (χ0) is 13.7. The van der Waals surface area contributed by atoms with Gasteiger partial charge in [-0.05, 0) is 43.4 Å². The standard InChI is InChI=1S/C16H23N3/c1-2-16(12-6-4-3-5-7-12)19-14-9-8-13(11-17)15(18)10-14/h8-10,12,16,19H,2-7,18H2,1H3. The summed E-state index contributed by atoms with van der Waals surface area (Å²) in [6.07, 6.45) is 7.90. The Morgan fingerprint density at radius 1 is 1.37 bits per heavy atom. The van der Waals surface area contributed by atoms with Crippen LogP contribution in [0.3, 0.4) is 0 Å². The number of nitriles is 1. The molecular formula is C16H23N3. The second kappa shape index (κ2) is 6.47. The summed E-state index contributed by atoms with van der Waals surface area (Å²) in [5.74, 6) is 0.774. The second-order valence-electron chi connectivity index (χ2n) is 5.47. The first-order valence-corrected chi connectivity index (χ1v) is 7.30. The maximum atomic E-state index is 8.89. The van der Waals surface area contributed by atoms with E-state index in [1.165, 1.54) is 32.1 Å². The van der Waals surface area contributed by atoms with Crippen LogP contribution >= 0.6 is 0 Å². The van der Waals surface area contributed by atoms with Crippen molar-refractivity contribution in [3.8, 4) is 6.07 Å². The number of nitrogens with zero attached hydrogens (tertiary/aromatic N) is 1. The predicted octanol–water partition coefficient (Wildman–Crippen LogP) is 3.91. The summed E-state index contributed by atoms with van der Waals surface area (Å²) in [6, 6.07) is 8.26. The number of anilines is 2. The van der Waals surface area contributed by atoms with Crippen LogP contribution in [0.1, 0.15) is 51.0 Å². The third-order valence-corrected chi connectivity index (χ3v) is 4.18. The fourth-order valence-electron chi connectivity index (χ4n) is 3.06. The average Bonchev–Trinajstić information content (AvgIpc) is 2.46. The minimum absolute atomic E-state index is 0.521.